The van der Waals surface area contributed by atoms with E-state index in [9.17, 15) is 4.79 Å². The van der Waals surface area contributed by atoms with E-state index in [0.717, 1.165) is 12.8 Å². The van der Waals surface area contributed by atoms with Gasteiger partial charge in [0.1, 0.15) is 0 Å². The topological polar surface area (TPSA) is 63.3 Å². The molecule has 3 heteroatoms. The van der Waals surface area contributed by atoms with Crippen LogP contribution in [0.25, 0.3) is 0 Å². The first-order chi connectivity index (χ1) is 7.91. The van der Waals surface area contributed by atoms with Gasteiger partial charge in [-0.05, 0) is 18.3 Å². The fraction of sp³-hybridized carbons (Fsp3) is 0.929. The van der Waals surface area contributed by atoms with Crippen molar-refractivity contribution in [2.45, 2.75) is 65.8 Å². The number of rotatable bonds is 9. The fourth-order valence-electron chi connectivity index (χ4n) is 2.31. The third-order valence-electron chi connectivity index (χ3n) is 3.71. The van der Waals surface area contributed by atoms with Crippen LogP contribution >= 0.6 is 0 Å². The lowest BCUT2D eigenvalue weighted by molar-refractivity contribution is -0.142. The molecule has 0 saturated heterocycles. The van der Waals surface area contributed by atoms with Gasteiger partial charge in [-0.25, -0.2) is 0 Å². The summed E-state index contributed by atoms with van der Waals surface area (Å²) in [7, 11) is 0. The van der Waals surface area contributed by atoms with Gasteiger partial charge in [-0.15, -0.1) is 0 Å². The highest BCUT2D eigenvalue weighted by molar-refractivity contribution is 5.70. The van der Waals surface area contributed by atoms with E-state index >= 15 is 0 Å². The molecule has 0 aromatic carbocycles. The standard InChI is InChI=1S/C14H29NO2/c1-5-6-7-8-9-12(10(2)3)13(15)11(4)14(16)17/h10-13H,5-9,15H2,1-4H3,(H,16,17). The Morgan fingerprint density at radius 1 is 1.18 bits per heavy atom. The molecule has 0 saturated carbocycles. The summed E-state index contributed by atoms with van der Waals surface area (Å²) >= 11 is 0. The highest BCUT2D eigenvalue weighted by Gasteiger charge is 2.29. The average Bonchev–Trinajstić information content (AvgIpc) is 2.26. The molecule has 0 aliphatic carbocycles. The maximum Gasteiger partial charge on any atom is 0.307 e. The van der Waals surface area contributed by atoms with E-state index in [4.69, 9.17) is 10.8 Å². The van der Waals surface area contributed by atoms with Crippen LogP contribution in [-0.2, 0) is 4.79 Å². The molecule has 0 spiro atoms. The van der Waals surface area contributed by atoms with E-state index in [1.54, 1.807) is 6.92 Å². The minimum Gasteiger partial charge on any atom is -0.481 e. The normalized spacial score (nSPS) is 16.8. The van der Waals surface area contributed by atoms with Gasteiger partial charge >= 0.3 is 5.97 Å². The van der Waals surface area contributed by atoms with E-state index < -0.39 is 11.9 Å². The van der Waals surface area contributed by atoms with Crippen molar-refractivity contribution in [1.29, 1.82) is 0 Å². The first-order valence-corrected chi connectivity index (χ1v) is 6.90. The smallest absolute Gasteiger partial charge is 0.307 e. The van der Waals surface area contributed by atoms with Gasteiger partial charge in [-0.1, -0.05) is 53.4 Å². The lowest BCUT2D eigenvalue weighted by Crippen LogP contribution is -2.42. The van der Waals surface area contributed by atoms with E-state index in [0.29, 0.717) is 11.8 Å². The molecule has 3 atom stereocenters. The molecule has 3 N–H and O–H groups in total. The van der Waals surface area contributed by atoms with Crippen LogP contribution in [0.1, 0.15) is 59.8 Å². The Bertz CT molecular complexity index is 216. The fourth-order valence-corrected chi connectivity index (χ4v) is 2.31. The summed E-state index contributed by atoms with van der Waals surface area (Å²) < 4.78 is 0. The number of hydrogen-bond donors (Lipinski definition) is 2. The predicted molar refractivity (Wildman–Crippen MR) is 71.9 cm³/mol. The third kappa shape index (κ3) is 6.06. The quantitative estimate of drug-likeness (QED) is 0.611. The van der Waals surface area contributed by atoms with Crippen molar-refractivity contribution < 1.29 is 9.90 Å². The van der Waals surface area contributed by atoms with Crippen molar-refractivity contribution in [3.63, 3.8) is 0 Å². The second-order valence-electron chi connectivity index (χ2n) is 5.46. The molecule has 0 rings (SSSR count). The van der Waals surface area contributed by atoms with Gasteiger partial charge < -0.3 is 10.8 Å². The first kappa shape index (κ1) is 16.4. The lowest BCUT2D eigenvalue weighted by Gasteiger charge is -2.30. The second kappa shape index (κ2) is 8.51. The van der Waals surface area contributed by atoms with Gasteiger partial charge in [0.05, 0.1) is 5.92 Å². The minimum absolute atomic E-state index is 0.228. The van der Waals surface area contributed by atoms with E-state index in [1.807, 2.05) is 0 Å². The zero-order chi connectivity index (χ0) is 13.4. The van der Waals surface area contributed by atoms with Crippen molar-refractivity contribution in [2.24, 2.45) is 23.5 Å². The number of unbranched alkanes of at least 4 members (excludes halogenated alkanes) is 3. The zero-order valence-electron chi connectivity index (χ0n) is 11.8. The minimum atomic E-state index is -0.781. The molecule has 3 nitrogen and oxygen atoms in total. The summed E-state index contributed by atoms with van der Waals surface area (Å²) in [6.45, 7) is 8.18. The van der Waals surface area contributed by atoms with E-state index in [1.165, 1.54) is 19.3 Å². The highest BCUT2D eigenvalue weighted by Crippen LogP contribution is 2.25. The molecule has 3 unspecified atom stereocenters. The van der Waals surface area contributed by atoms with Gasteiger partial charge in [-0.2, -0.15) is 0 Å². The molecule has 0 fully saturated rings. The summed E-state index contributed by atoms with van der Waals surface area (Å²) in [4.78, 5) is 11.0. The zero-order valence-corrected chi connectivity index (χ0v) is 11.8. The van der Waals surface area contributed by atoms with Gasteiger partial charge in [0.2, 0.25) is 0 Å². The van der Waals surface area contributed by atoms with Gasteiger partial charge in [0, 0.05) is 6.04 Å². The van der Waals surface area contributed by atoms with Crippen LogP contribution in [0.15, 0.2) is 0 Å². The van der Waals surface area contributed by atoms with Gasteiger partial charge in [0.15, 0.2) is 0 Å². The number of carbonyl (C=O) groups is 1. The maximum atomic E-state index is 11.0. The largest absolute Gasteiger partial charge is 0.481 e. The van der Waals surface area contributed by atoms with Crippen molar-refractivity contribution >= 4 is 5.97 Å². The van der Waals surface area contributed by atoms with Crippen molar-refractivity contribution in [3.05, 3.63) is 0 Å². The summed E-state index contributed by atoms with van der Waals surface area (Å²) in [5, 5.41) is 9.01. The summed E-state index contributed by atoms with van der Waals surface area (Å²) in [6.07, 6.45) is 5.93. The lowest BCUT2D eigenvalue weighted by atomic mass is 9.79. The summed E-state index contributed by atoms with van der Waals surface area (Å²) in [5.41, 5.74) is 6.10. The SMILES string of the molecule is CCCCCCC(C(C)C)C(N)C(C)C(=O)O. The van der Waals surface area contributed by atoms with Crippen molar-refractivity contribution in [2.75, 3.05) is 0 Å². The number of hydrogen-bond acceptors (Lipinski definition) is 2. The maximum absolute atomic E-state index is 11.0. The van der Waals surface area contributed by atoms with Crippen molar-refractivity contribution in [3.8, 4) is 0 Å². The molecule has 0 aliphatic rings. The Hall–Kier alpha value is -0.570. The van der Waals surface area contributed by atoms with Crippen LogP contribution in [0.2, 0.25) is 0 Å². The van der Waals surface area contributed by atoms with Crippen molar-refractivity contribution in [1.82, 2.24) is 0 Å². The molecule has 0 aromatic rings. The predicted octanol–water partition coefficient (Wildman–Crippen LogP) is 3.28. The molecular weight excluding hydrogens is 214 g/mol. The number of nitrogens with two attached hydrogens (primary N) is 1. The number of carboxylic acid groups (broad SMARTS) is 1. The second-order valence-corrected chi connectivity index (χ2v) is 5.46. The van der Waals surface area contributed by atoms with Gasteiger partial charge in [0.25, 0.3) is 0 Å². The molecule has 102 valence electrons. The van der Waals surface area contributed by atoms with E-state index in [-0.39, 0.29) is 6.04 Å². The van der Waals surface area contributed by atoms with Crippen LogP contribution in [0.5, 0.6) is 0 Å². The van der Waals surface area contributed by atoms with Gasteiger partial charge in [-0.3, -0.25) is 4.79 Å². The number of aliphatic carboxylic acids is 1. The molecule has 0 amide bonds. The molecular formula is C14H29NO2. The Labute approximate surface area is 106 Å². The first-order valence-electron chi connectivity index (χ1n) is 6.90. The molecule has 17 heavy (non-hydrogen) atoms. The Morgan fingerprint density at radius 3 is 2.18 bits per heavy atom. The van der Waals surface area contributed by atoms with Crippen LogP contribution in [-0.4, -0.2) is 17.1 Å². The summed E-state index contributed by atoms with van der Waals surface area (Å²) in [5.74, 6) is -0.461. The van der Waals surface area contributed by atoms with Crippen LogP contribution in [0.4, 0.5) is 0 Å². The highest BCUT2D eigenvalue weighted by atomic mass is 16.4. The van der Waals surface area contributed by atoms with Crippen LogP contribution < -0.4 is 5.73 Å². The average molecular weight is 243 g/mol. The molecule has 0 heterocycles. The molecule has 0 aromatic heterocycles. The van der Waals surface area contributed by atoms with E-state index in [2.05, 4.69) is 20.8 Å². The van der Waals surface area contributed by atoms with Crippen LogP contribution in [0, 0.1) is 17.8 Å². The third-order valence-corrected chi connectivity index (χ3v) is 3.71. The summed E-state index contributed by atoms with van der Waals surface area (Å²) in [6, 6.07) is -0.228. The molecule has 0 radical (unpaired) electrons. The Morgan fingerprint density at radius 2 is 1.76 bits per heavy atom. The Kier molecular flexibility index (Phi) is 8.23. The molecule has 0 bridgehead atoms. The Balaban J connectivity index is 4.26. The van der Waals surface area contributed by atoms with Crippen LogP contribution in [0.3, 0.4) is 0 Å². The monoisotopic (exact) mass is 243 g/mol. The molecule has 0 aliphatic heterocycles. The number of carboxylic acids is 1.